The molecule has 1 amide bonds. The Bertz CT molecular complexity index is 1220. The van der Waals surface area contributed by atoms with E-state index >= 15 is 0 Å². The van der Waals surface area contributed by atoms with Gasteiger partial charge >= 0.3 is 0 Å². The van der Waals surface area contributed by atoms with Gasteiger partial charge in [0.05, 0.1) is 25.4 Å². The second-order valence-electron chi connectivity index (χ2n) is 8.08. The van der Waals surface area contributed by atoms with Gasteiger partial charge in [-0.1, -0.05) is 24.8 Å². The Morgan fingerprint density at radius 1 is 1.31 bits per heavy atom. The Morgan fingerprint density at radius 2 is 2.09 bits per heavy atom. The quantitative estimate of drug-likeness (QED) is 0.398. The summed E-state index contributed by atoms with van der Waals surface area (Å²) in [6.07, 6.45) is 3.60. The van der Waals surface area contributed by atoms with Crippen molar-refractivity contribution in [3.05, 3.63) is 44.6 Å². The van der Waals surface area contributed by atoms with E-state index in [0.29, 0.717) is 35.5 Å². The summed E-state index contributed by atoms with van der Waals surface area (Å²) >= 11 is 2.83. The van der Waals surface area contributed by atoms with Gasteiger partial charge in [-0.15, -0.1) is 11.3 Å². The Hall–Kier alpha value is -2.52. The van der Waals surface area contributed by atoms with Crippen LogP contribution in [0.3, 0.4) is 0 Å². The number of aryl methyl sites for hydroxylation is 2. The van der Waals surface area contributed by atoms with E-state index in [2.05, 4.69) is 6.92 Å². The maximum Gasteiger partial charge on any atom is 0.263 e. The first-order chi connectivity index (χ1) is 15.4. The van der Waals surface area contributed by atoms with Crippen molar-refractivity contribution in [2.45, 2.75) is 44.3 Å². The number of ether oxygens (including phenoxy) is 2. The number of primary amides is 1. The summed E-state index contributed by atoms with van der Waals surface area (Å²) in [5.41, 5.74) is 7.50. The second-order valence-corrected chi connectivity index (χ2v) is 10.1. The van der Waals surface area contributed by atoms with Gasteiger partial charge in [-0.05, 0) is 54.9 Å². The molecule has 0 spiro atoms. The number of aromatic nitrogens is 2. The number of thiophene rings is 1. The highest BCUT2D eigenvalue weighted by atomic mass is 32.2. The van der Waals surface area contributed by atoms with Gasteiger partial charge < -0.3 is 15.2 Å². The van der Waals surface area contributed by atoms with Crippen LogP contribution in [0.5, 0.6) is 11.5 Å². The number of benzene rings is 1. The summed E-state index contributed by atoms with van der Waals surface area (Å²) in [5, 5.41) is 1.28. The molecule has 0 bridgehead atoms. The average Bonchev–Trinajstić information content (AvgIpc) is 3.14. The van der Waals surface area contributed by atoms with Crippen LogP contribution in [0.25, 0.3) is 10.2 Å². The molecule has 7 nitrogen and oxygen atoms in total. The smallest absolute Gasteiger partial charge is 0.263 e. The van der Waals surface area contributed by atoms with Crippen LogP contribution in [-0.4, -0.2) is 35.4 Å². The molecule has 2 aromatic heterocycles. The van der Waals surface area contributed by atoms with E-state index in [9.17, 15) is 9.59 Å². The third-order valence-corrected chi connectivity index (χ3v) is 7.94. The molecular weight excluding hydrogens is 446 g/mol. The van der Waals surface area contributed by atoms with Crippen LogP contribution in [0.4, 0.5) is 0 Å². The lowest BCUT2D eigenvalue weighted by Crippen LogP contribution is -2.25. The largest absolute Gasteiger partial charge is 0.493 e. The topological polar surface area (TPSA) is 96.4 Å². The summed E-state index contributed by atoms with van der Waals surface area (Å²) in [6, 6.07) is 5.74. The van der Waals surface area contributed by atoms with Gasteiger partial charge in [-0.3, -0.25) is 14.2 Å². The molecule has 0 fully saturated rings. The predicted molar refractivity (Wildman–Crippen MR) is 128 cm³/mol. The predicted octanol–water partition coefficient (Wildman–Crippen LogP) is 3.42. The zero-order valence-corrected chi connectivity index (χ0v) is 20.1. The lowest BCUT2D eigenvalue weighted by Gasteiger charge is -2.18. The molecule has 9 heteroatoms. The van der Waals surface area contributed by atoms with Crippen LogP contribution in [0, 0.1) is 5.92 Å². The zero-order valence-electron chi connectivity index (χ0n) is 18.5. The van der Waals surface area contributed by atoms with Crippen molar-refractivity contribution in [3.63, 3.8) is 0 Å². The molecule has 0 radical (unpaired) electrons. The van der Waals surface area contributed by atoms with E-state index in [4.69, 9.17) is 20.2 Å². The Labute approximate surface area is 194 Å². The lowest BCUT2D eigenvalue weighted by molar-refractivity contribution is -0.115. The van der Waals surface area contributed by atoms with Crippen molar-refractivity contribution >= 4 is 39.2 Å². The van der Waals surface area contributed by atoms with E-state index in [1.807, 2.05) is 18.2 Å². The molecule has 1 aromatic carbocycles. The number of rotatable bonds is 8. The van der Waals surface area contributed by atoms with Crippen molar-refractivity contribution in [2.24, 2.45) is 11.7 Å². The molecule has 1 atom stereocenters. The highest BCUT2D eigenvalue weighted by molar-refractivity contribution is 7.99. The third kappa shape index (κ3) is 4.49. The van der Waals surface area contributed by atoms with Gasteiger partial charge in [-0.2, -0.15) is 0 Å². The first kappa shape index (κ1) is 22.7. The number of hydrogen-bond donors (Lipinski definition) is 1. The van der Waals surface area contributed by atoms with Crippen molar-refractivity contribution in [3.8, 4) is 11.5 Å². The second kappa shape index (κ2) is 9.54. The van der Waals surface area contributed by atoms with Crippen LogP contribution in [0.15, 0.2) is 28.2 Å². The molecule has 2 heterocycles. The maximum absolute atomic E-state index is 13.6. The van der Waals surface area contributed by atoms with Crippen molar-refractivity contribution in [1.29, 1.82) is 0 Å². The van der Waals surface area contributed by atoms with Crippen LogP contribution >= 0.6 is 23.1 Å². The van der Waals surface area contributed by atoms with Gasteiger partial charge in [0.1, 0.15) is 4.83 Å². The molecule has 0 saturated carbocycles. The van der Waals surface area contributed by atoms with E-state index in [-0.39, 0.29) is 11.3 Å². The minimum absolute atomic E-state index is 0.0329. The first-order valence-corrected chi connectivity index (χ1v) is 12.4. The number of amides is 1. The molecular formula is C23H27N3O4S2. The van der Waals surface area contributed by atoms with Gasteiger partial charge in [0, 0.05) is 11.4 Å². The van der Waals surface area contributed by atoms with Crippen molar-refractivity contribution in [2.75, 3.05) is 20.0 Å². The molecule has 32 heavy (non-hydrogen) atoms. The summed E-state index contributed by atoms with van der Waals surface area (Å²) in [4.78, 5) is 31.9. The molecule has 0 aliphatic heterocycles. The molecule has 4 rings (SSSR count). The monoisotopic (exact) mass is 473 g/mol. The summed E-state index contributed by atoms with van der Waals surface area (Å²) in [5.74, 6) is 1.57. The first-order valence-electron chi connectivity index (χ1n) is 10.6. The fraction of sp³-hybridized carbons (Fsp3) is 0.435. The zero-order chi connectivity index (χ0) is 22.8. The minimum atomic E-state index is -0.435. The Kier molecular flexibility index (Phi) is 6.76. The van der Waals surface area contributed by atoms with E-state index in [0.717, 1.165) is 40.6 Å². The number of nitrogens with two attached hydrogens (primary N) is 1. The standard InChI is InChI=1S/C23H27N3O4S2/c1-13-4-6-15-18(10-13)32-21-20(15)22(28)26(23(25-21)31-12-19(24)27)9-8-14-5-7-16(29-2)17(11-14)30-3/h5,7,11,13H,4,6,8-10,12H2,1-3H3,(H2,24,27). The van der Waals surface area contributed by atoms with Crippen LogP contribution in [0.1, 0.15) is 29.3 Å². The number of hydrogen-bond acceptors (Lipinski definition) is 7. The highest BCUT2D eigenvalue weighted by Crippen LogP contribution is 2.36. The summed E-state index contributed by atoms with van der Waals surface area (Å²) < 4.78 is 12.4. The third-order valence-electron chi connectivity index (χ3n) is 5.80. The normalized spacial score (nSPS) is 15.5. The minimum Gasteiger partial charge on any atom is -0.493 e. The molecule has 1 aliphatic carbocycles. The van der Waals surface area contributed by atoms with E-state index in [1.54, 1.807) is 30.1 Å². The lowest BCUT2D eigenvalue weighted by atomic mass is 9.89. The Morgan fingerprint density at radius 3 is 2.81 bits per heavy atom. The average molecular weight is 474 g/mol. The Balaban J connectivity index is 1.72. The van der Waals surface area contributed by atoms with Crippen LogP contribution in [-0.2, 0) is 30.6 Å². The molecule has 0 saturated heterocycles. The van der Waals surface area contributed by atoms with Gasteiger partial charge in [-0.25, -0.2) is 4.98 Å². The van der Waals surface area contributed by atoms with Crippen molar-refractivity contribution in [1.82, 2.24) is 9.55 Å². The number of carbonyl (C=O) groups is 1. The van der Waals surface area contributed by atoms with Crippen LogP contribution < -0.4 is 20.8 Å². The summed E-state index contributed by atoms with van der Waals surface area (Å²) in [7, 11) is 3.20. The highest BCUT2D eigenvalue weighted by Gasteiger charge is 2.25. The molecule has 1 unspecified atom stereocenters. The molecule has 3 aromatic rings. The van der Waals surface area contributed by atoms with Gasteiger partial charge in [0.25, 0.3) is 5.56 Å². The summed E-state index contributed by atoms with van der Waals surface area (Å²) in [6.45, 7) is 2.69. The van der Waals surface area contributed by atoms with Crippen LogP contribution in [0.2, 0.25) is 0 Å². The number of fused-ring (bicyclic) bond motifs is 3. The number of nitrogens with zero attached hydrogens (tertiary/aromatic N) is 2. The molecule has 170 valence electrons. The van der Waals surface area contributed by atoms with Gasteiger partial charge in [0.2, 0.25) is 5.91 Å². The van der Waals surface area contributed by atoms with Gasteiger partial charge in [0.15, 0.2) is 16.7 Å². The fourth-order valence-electron chi connectivity index (χ4n) is 4.12. The molecule has 2 N–H and O–H groups in total. The molecule has 1 aliphatic rings. The number of methoxy groups -OCH3 is 2. The van der Waals surface area contributed by atoms with E-state index in [1.165, 1.54) is 16.6 Å². The maximum atomic E-state index is 13.6. The SMILES string of the molecule is COc1ccc(CCn2c(SCC(N)=O)nc3sc4c(c3c2=O)CCC(C)C4)cc1OC. The number of thioether (sulfide) groups is 1. The van der Waals surface area contributed by atoms with Crippen molar-refractivity contribution < 1.29 is 14.3 Å². The van der Waals surface area contributed by atoms with E-state index < -0.39 is 5.91 Å². The fourth-order valence-corrected chi connectivity index (χ4v) is 6.31. The number of carbonyl (C=O) groups excluding carboxylic acids is 1.